The van der Waals surface area contributed by atoms with Gasteiger partial charge in [0.05, 0.1) is 12.7 Å². The monoisotopic (exact) mass is 262 g/mol. The molecule has 0 aliphatic heterocycles. The standard InChI is InChI=1S/C12H10N2OS2/c1-15-11-6-9(2-3-10(11)7-13)8-17-12-14-4-5-16-12/h2-6H,8H2,1H3. The summed E-state index contributed by atoms with van der Waals surface area (Å²) in [5, 5.41) is 10.8. The summed E-state index contributed by atoms with van der Waals surface area (Å²) < 4.78 is 6.22. The normalized spacial score (nSPS) is 9.88. The van der Waals surface area contributed by atoms with Crippen LogP contribution in [-0.4, -0.2) is 12.1 Å². The summed E-state index contributed by atoms with van der Waals surface area (Å²) in [6, 6.07) is 7.74. The van der Waals surface area contributed by atoms with Gasteiger partial charge in [0.2, 0.25) is 0 Å². The Hall–Kier alpha value is -1.51. The van der Waals surface area contributed by atoms with Gasteiger partial charge in [-0.2, -0.15) is 5.26 Å². The number of benzene rings is 1. The molecule has 3 nitrogen and oxygen atoms in total. The molecule has 0 atom stereocenters. The minimum Gasteiger partial charge on any atom is -0.495 e. The fraction of sp³-hybridized carbons (Fsp3) is 0.167. The average Bonchev–Trinajstić information content (AvgIpc) is 2.89. The van der Waals surface area contributed by atoms with E-state index in [4.69, 9.17) is 10.00 Å². The van der Waals surface area contributed by atoms with E-state index in [1.165, 1.54) is 0 Å². The van der Waals surface area contributed by atoms with Crippen LogP contribution in [0.5, 0.6) is 5.75 Å². The van der Waals surface area contributed by atoms with Gasteiger partial charge in [0.15, 0.2) is 0 Å². The zero-order valence-corrected chi connectivity index (χ0v) is 10.8. The molecule has 0 saturated carbocycles. The highest BCUT2D eigenvalue weighted by atomic mass is 32.2. The minimum absolute atomic E-state index is 0.565. The second kappa shape index (κ2) is 5.71. The zero-order valence-electron chi connectivity index (χ0n) is 9.21. The number of thioether (sulfide) groups is 1. The number of hydrogen-bond acceptors (Lipinski definition) is 5. The Morgan fingerprint density at radius 3 is 3.06 bits per heavy atom. The van der Waals surface area contributed by atoms with Gasteiger partial charge in [-0.3, -0.25) is 0 Å². The molecule has 17 heavy (non-hydrogen) atoms. The molecule has 86 valence electrons. The molecule has 0 amide bonds. The van der Waals surface area contributed by atoms with E-state index >= 15 is 0 Å². The van der Waals surface area contributed by atoms with Crippen LogP contribution in [0.25, 0.3) is 0 Å². The number of nitrogens with zero attached hydrogens (tertiary/aromatic N) is 2. The molecule has 0 aliphatic rings. The molecule has 0 radical (unpaired) electrons. The number of ether oxygens (including phenoxy) is 1. The van der Waals surface area contributed by atoms with Crippen molar-refractivity contribution >= 4 is 23.1 Å². The van der Waals surface area contributed by atoms with Crippen molar-refractivity contribution in [2.75, 3.05) is 7.11 Å². The summed E-state index contributed by atoms with van der Waals surface area (Å²) >= 11 is 3.31. The van der Waals surface area contributed by atoms with Crippen LogP contribution in [0.2, 0.25) is 0 Å². The molecule has 1 aromatic heterocycles. The van der Waals surface area contributed by atoms with Gasteiger partial charge < -0.3 is 4.74 Å². The van der Waals surface area contributed by atoms with Gasteiger partial charge in [0.25, 0.3) is 0 Å². The lowest BCUT2D eigenvalue weighted by Crippen LogP contribution is -1.90. The molecule has 0 saturated heterocycles. The van der Waals surface area contributed by atoms with Crippen molar-refractivity contribution in [3.63, 3.8) is 0 Å². The van der Waals surface area contributed by atoms with E-state index in [9.17, 15) is 0 Å². The smallest absolute Gasteiger partial charge is 0.150 e. The van der Waals surface area contributed by atoms with Gasteiger partial charge in [0, 0.05) is 17.3 Å². The largest absolute Gasteiger partial charge is 0.495 e. The average molecular weight is 262 g/mol. The lowest BCUT2D eigenvalue weighted by Gasteiger charge is -2.05. The highest BCUT2D eigenvalue weighted by Crippen LogP contribution is 2.27. The first-order chi connectivity index (χ1) is 8.33. The molecular weight excluding hydrogens is 252 g/mol. The number of thiazole rings is 1. The molecule has 0 unspecified atom stereocenters. The molecule has 0 N–H and O–H groups in total. The third-order valence-corrected chi connectivity index (χ3v) is 4.20. The first kappa shape index (κ1) is 12.0. The van der Waals surface area contributed by atoms with E-state index < -0.39 is 0 Å². The van der Waals surface area contributed by atoms with E-state index in [0.717, 1.165) is 15.7 Å². The molecule has 2 rings (SSSR count). The van der Waals surface area contributed by atoms with Crippen molar-refractivity contribution in [3.05, 3.63) is 40.9 Å². The Morgan fingerprint density at radius 1 is 1.53 bits per heavy atom. The van der Waals surface area contributed by atoms with Crippen molar-refractivity contribution in [1.82, 2.24) is 4.98 Å². The summed E-state index contributed by atoms with van der Waals surface area (Å²) in [7, 11) is 1.58. The highest BCUT2D eigenvalue weighted by Gasteiger charge is 2.04. The van der Waals surface area contributed by atoms with Gasteiger partial charge in [-0.1, -0.05) is 17.8 Å². The van der Waals surface area contributed by atoms with Crippen molar-refractivity contribution in [1.29, 1.82) is 5.26 Å². The van der Waals surface area contributed by atoms with Crippen molar-refractivity contribution < 1.29 is 4.74 Å². The van der Waals surface area contributed by atoms with Gasteiger partial charge >= 0.3 is 0 Å². The Kier molecular flexibility index (Phi) is 4.02. The number of rotatable bonds is 4. The molecule has 0 aliphatic carbocycles. The van der Waals surface area contributed by atoms with Crippen LogP contribution in [0.1, 0.15) is 11.1 Å². The van der Waals surface area contributed by atoms with E-state index in [-0.39, 0.29) is 0 Å². The highest BCUT2D eigenvalue weighted by molar-refractivity contribution is 8.00. The SMILES string of the molecule is COc1cc(CSc2nccs2)ccc1C#N. The second-order valence-corrected chi connectivity index (χ2v) is 5.35. The van der Waals surface area contributed by atoms with Crippen LogP contribution < -0.4 is 4.74 Å². The molecular formula is C12H10N2OS2. The summed E-state index contributed by atoms with van der Waals surface area (Å²) in [5.74, 6) is 1.46. The third-order valence-electron chi connectivity index (χ3n) is 2.16. The van der Waals surface area contributed by atoms with Gasteiger partial charge in [-0.05, 0) is 17.7 Å². The number of nitriles is 1. The second-order valence-electron chi connectivity index (χ2n) is 3.23. The Morgan fingerprint density at radius 2 is 2.41 bits per heavy atom. The Labute approximate surface area is 108 Å². The van der Waals surface area contributed by atoms with E-state index in [0.29, 0.717) is 11.3 Å². The Balaban J connectivity index is 2.09. The predicted molar refractivity (Wildman–Crippen MR) is 69.4 cm³/mol. The lowest BCUT2D eigenvalue weighted by molar-refractivity contribution is 0.413. The van der Waals surface area contributed by atoms with Crippen LogP contribution in [0.15, 0.2) is 34.1 Å². The summed E-state index contributed by atoms with van der Waals surface area (Å²) in [6.07, 6.45) is 1.80. The summed E-state index contributed by atoms with van der Waals surface area (Å²) in [6.45, 7) is 0. The molecule has 1 heterocycles. The number of aromatic nitrogens is 1. The quantitative estimate of drug-likeness (QED) is 0.793. The number of methoxy groups -OCH3 is 1. The zero-order chi connectivity index (χ0) is 12.1. The minimum atomic E-state index is 0.565. The van der Waals surface area contributed by atoms with Gasteiger partial charge in [-0.15, -0.1) is 11.3 Å². The molecule has 5 heteroatoms. The maximum absolute atomic E-state index is 8.88. The maximum Gasteiger partial charge on any atom is 0.150 e. The van der Waals surface area contributed by atoms with E-state index in [2.05, 4.69) is 11.1 Å². The van der Waals surface area contributed by atoms with Crippen LogP contribution in [0, 0.1) is 11.3 Å². The fourth-order valence-electron chi connectivity index (χ4n) is 1.34. The van der Waals surface area contributed by atoms with Crippen molar-refractivity contribution in [3.8, 4) is 11.8 Å². The number of hydrogen-bond donors (Lipinski definition) is 0. The van der Waals surface area contributed by atoms with Crippen molar-refractivity contribution in [2.24, 2.45) is 0 Å². The molecule has 2 aromatic rings. The van der Waals surface area contributed by atoms with Gasteiger partial charge in [0.1, 0.15) is 16.2 Å². The summed E-state index contributed by atoms with van der Waals surface area (Å²) in [5.41, 5.74) is 1.69. The molecule has 1 aromatic carbocycles. The van der Waals surface area contributed by atoms with Gasteiger partial charge in [-0.25, -0.2) is 4.98 Å². The van der Waals surface area contributed by atoms with E-state index in [1.54, 1.807) is 42.5 Å². The molecule has 0 bridgehead atoms. The molecule has 0 spiro atoms. The molecule has 0 fully saturated rings. The third kappa shape index (κ3) is 2.99. The van der Waals surface area contributed by atoms with Crippen LogP contribution in [0.3, 0.4) is 0 Å². The first-order valence-electron chi connectivity index (χ1n) is 4.93. The Bertz CT molecular complexity index is 532. The van der Waals surface area contributed by atoms with E-state index in [1.807, 2.05) is 17.5 Å². The fourth-order valence-corrected chi connectivity index (χ4v) is 2.93. The van der Waals surface area contributed by atoms with Crippen LogP contribution in [-0.2, 0) is 5.75 Å². The van der Waals surface area contributed by atoms with Crippen molar-refractivity contribution in [2.45, 2.75) is 10.1 Å². The maximum atomic E-state index is 8.88. The predicted octanol–water partition coefficient (Wildman–Crippen LogP) is 3.32. The summed E-state index contributed by atoms with van der Waals surface area (Å²) in [4.78, 5) is 4.21. The van der Waals surface area contributed by atoms with Crippen LogP contribution in [0.4, 0.5) is 0 Å². The topological polar surface area (TPSA) is 45.9 Å². The lowest BCUT2D eigenvalue weighted by atomic mass is 10.1. The first-order valence-corrected chi connectivity index (χ1v) is 6.79. The van der Waals surface area contributed by atoms with Crippen LogP contribution >= 0.6 is 23.1 Å².